The number of hydrogen-bond donors (Lipinski definition) is 0. The van der Waals surface area contributed by atoms with Crippen LogP contribution in [0.2, 0.25) is 0 Å². The Morgan fingerprint density at radius 1 is 1.29 bits per heavy atom. The van der Waals surface area contributed by atoms with Gasteiger partial charge in [-0.2, -0.15) is 0 Å². The van der Waals surface area contributed by atoms with Gasteiger partial charge in [0.1, 0.15) is 5.78 Å². The SMILES string of the molecule is Cc1ccccc1SCC(=O)CCCC(C)C. The molecular formula is C15H22OS. The Kier molecular flexibility index (Phi) is 6.35. The summed E-state index contributed by atoms with van der Waals surface area (Å²) in [6.45, 7) is 6.49. The van der Waals surface area contributed by atoms with Crippen LogP contribution in [0.3, 0.4) is 0 Å². The molecule has 0 aliphatic rings. The summed E-state index contributed by atoms with van der Waals surface area (Å²) in [4.78, 5) is 12.9. The monoisotopic (exact) mass is 250 g/mol. The first-order valence-corrected chi connectivity index (χ1v) is 7.28. The molecule has 17 heavy (non-hydrogen) atoms. The number of rotatable bonds is 7. The maximum absolute atomic E-state index is 11.7. The predicted octanol–water partition coefficient (Wildman–Crippen LogP) is 4.48. The zero-order chi connectivity index (χ0) is 12.7. The number of benzene rings is 1. The van der Waals surface area contributed by atoms with E-state index in [1.807, 2.05) is 12.1 Å². The second-order valence-corrected chi connectivity index (χ2v) is 5.90. The molecule has 0 aliphatic carbocycles. The second kappa shape index (κ2) is 7.54. The molecule has 1 aromatic rings. The zero-order valence-electron chi connectivity index (χ0n) is 11.0. The molecule has 0 radical (unpaired) electrons. The van der Waals surface area contributed by atoms with Crippen LogP contribution in [0.5, 0.6) is 0 Å². The van der Waals surface area contributed by atoms with Crippen LogP contribution in [-0.2, 0) is 4.79 Å². The molecule has 0 saturated heterocycles. The van der Waals surface area contributed by atoms with Crippen LogP contribution in [-0.4, -0.2) is 11.5 Å². The average molecular weight is 250 g/mol. The van der Waals surface area contributed by atoms with Crippen molar-refractivity contribution >= 4 is 17.5 Å². The maximum Gasteiger partial charge on any atom is 0.143 e. The molecule has 0 spiro atoms. The number of Topliss-reactive ketones (excluding diaryl/α,β-unsaturated/α-hetero) is 1. The molecule has 1 rings (SSSR count). The quantitative estimate of drug-likeness (QED) is 0.664. The van der Waals surface area contributed by atoms with E-state index in [4.69, 9.17) is 0 Å². The number of ketones is 1. The molecule has 0 aromatic heterocycles. The standard InChI is InChI=1S/C15H22OS/c1-12(2)7-6-9-14(16)11-17-15-10-5-4-8-13(15)3/h4-5,8,10,12H,6-7,9,11H2,1-3H3. The summed E-state index contributed by atoms with van der Waals surface area (Å²) in [7, 11) is 0. The smallest absolute Gasteiger partial charge is 0.143 e. The van der Waals surface area contributed by atoms with Gasteiger partial charge in [0.25, 0.3) is 0 Å². The van der Waals surface area contributed by atoms with Crippen molar-refractivity contribution in [2.75, 3.05) is 5.75 Å². The van der Waals surface area contributed by atoms with Gasteiger partial charge in [0.15, 0.2) is 0 Å². The highest BCUT2D eigenvalue weighted by molar-refractivity contribution is 8.00. The fraction of sp³-hybridized carbons (Fsp3) is 0.533. The van der Waals surface area contributed by atoms with Gasteiger partial charge in [0, 0.05) is 11.3 Å². The van der Waals surface area contributed by atoms with Crippen LogP contribution in [0.15, 0.2) is 29.2 Å². The molecule has 0 bridgehead atoms. The first-order chi connectivity index (χ1) is 8.09. The molecular weight excluding hydrogens is 228 g/mol. The highest BCUT2D eigenvalue weighted by atomic mass is 32.2. The van der Waals surface area contributed by atoms with E-state index >= 15 is 0 Å². The third-order valence-electron chi connectivity index (χ3n) is 2.72. The van der Waals surface area contributed by atoms with Crippen molar-refractivity contribution in [3.05, 3.63) is 29.8 Å². The second-order valence-electron chi connectivity index (χ2n) is 4.88. The van der Waals surface area contributed by atoms with Crippen molar-refractivity contribution in [2.24, 2.45) is 5.92 Å². The molecule has 0 aliphatic heterocycles. The van der Waals surface area contributed by atoms with Crippen LogP contribution < -0.4 is 0 Å². The van der Waals surface area contributed by atoms with Gasteiger partial charge in [0.05, 0.1) is 5.75 Å². The largest absolute Gasteiger partial charge is 0.299 e. The maximum atomic E-state index is 11.7. The van der Waals surface area contributed by atoms with Gasteiger partial charge in [-0.15, -0.1) is 11.8 Å². The zero-order valence-corrected chi connectivity index (χ0v) is 11.8. The molecule has 0 heterocycles. The third-order valence-corrected chi connectivity index (χ3v) is 3.95. The van der Waals surface area contributed by atoms with E-state index in [9.17, 15) is 4.79 Å². The minimum absolute atomic E-state index is 0.374. The predicted molar refractivity (Wildman–Crippen MR) is 75.6 cm³/mol. The Morgan fingerprint density at radius 3 is 2.65 bits per heavy atom. The van der Waals surface area contributed by atoms with Gasteiger partial charge in [0.2, 0.25) is 0 Å². The van der Waals surface area contributed by atoms with Gasteiger partial charge in [-0.05, 0) is 30.9 Å². The van der Waals surface area contributed by atoms with Gasteiger partial charge in [-0.3, -0.25) is 4.79 Å². The fourth-order valence-corrected chi connectivity index (χ4v) is 2.59. The van der Waals surface area contributed by atoms with E-state index < -0.39 is 0 Å². The molecule has 0 fully saturated rings. The van der Waals surface area contributed by atoms with Crippen LogP contribution in [0, 0.1) is 12.8 Å². The Labute approximate surface area is 109 Å². The Bertz CT molecular complexity index is 358. The van der Waals surface area contributed by atoms with Crippen LogP contribution in [0.4, 0.5) is 0 Å². The fourth-order valence-electron chi connectivity index (χ4n) is 1.66. The summed E-state index contributed by atoms with van der Waals surface area (Å²) >= 11 is 1.66. The lowest BCUT2D eigenvalue weighted by Gasteiger charge is -2.05. The summed E-state index contributed by atoms with van der Waals surface area (Å²) < 4.78 is 0. The Hall–Kier alpha value is -0.760. The van der Waals surface area contributed by atoms with Crippen LogP contribution >= 0.6 is 11.8 Å². The van der Waals surface area contributed by atoms with E-state index in [0.29, 0.717) is 17.5 Å². The van der Waals surface area contributed by atoms with Crippen LogP contribution in [0.1, 0.15) is 38.7 Å². The molecule has 94 valence electrons. The molecule has 0 N–H and O–H groups in total. The summed E-state index contributed by atoms with van der Waals surface area (Å²) in [5.41, 5.74) is 1.26. The first-order valence-electron chi connectivity index (χ1n) is 6.29. The topological polar surface area (TPSA) is 17.1 Å². The van der Waals surface area contributed by atoms with Crippen molar-refractivity contribution in [2.45, 2.75) is 44.9 Å². The van der Waals surface area contributed by atoms with Crippen molar-refractivity contribution in [3.8, 4) is 0 Å². The van der Waals surface area contributed by atoms with E-state index in [-0.39, 0.29) is 0 Å². The summed E-state index contributed by atoms with van der Waals surface area (Å²) in [5, 5.41) is 0. The number of thioether (sulfide) groups is 1. The van der Waals surface area contributed by atoms with Crippen molar-refractivity contribution in [1.82, 2.24) is 0 Å². The normalized spacial score (nSPS) is 10.8. The minimum atomic E-state index is 0.374. The molecule has 0 atom stereocenters. The molecule has 0 amide bonds. The molecule has 1 aromatic carbocycles. The molecule has 2 heteroatoms. The van der Waals surface area contributed by atoms with E-state index in [0.717, 1.165) is 19.3 Å². The number of carbonyl (C=O) groups excluding carboxylic acids is 1. The molecule has 1 nitrogen and oxygen atoms in total. The van der Waals surface area contributed by atoms with Gasteiger partial charge < -0.3 is 0 Å². The first kappa shape index (κ1) is 14.3. The summed E-state index contributed by atoms with van der Waals surface area (Å²) in [6, 6.07) is 8.23. The lowest BCUT2D eigenvalue weighted by atomic mass is 10.1. The minimum Gasteiger partial charge on any atom is -0.299 e. The summed E-state index contributed by atoms with van der Waals surface area (Å²) in [6.07, 6.45) is 2.92. The highest BCUT2D eigenvalue weighted by Gasteiger charge is 2.05. The molecule has 0 saturated carbocycles. The van der Waals surface area contributed by atoms with E-state index in [1.54, 1.807) is 11.8 Å². The number of aryl methyl sites for hydroxylation is 1. The van der Waals surface area contributed by atoms with Crippen molar-refractivity contribution < 1.29 is 4.79 Å². The lowest BCUT2D eigenvalue weighted by molar-refractivity contribution is -0.116. The van der Waals surface area contributed by atoms with Gasteiger partial charge >= 0.3 is 0 Å². The van der Waals surface area contributed by atoms with Crippen LogP contribution in [0.25, 0.3) is 0 Å². The molecule has 0 unspecified atom stereocenters. The Morgan fingerprint density at radius 2 is 2.00 bits per heavy atom. The average Bonchev–Trinajstić information content (AvgIpc) is 2.27. The van der Waals surface area contributed by atoms with Crippen molar-refractivity contribution in [1.29, 1.82) is 0 Å². The van der Waals surface area contributed by atoms with Crippen molar-refractivity contribution in [3.63, 3.8) is 0 Å². The third kappa shape index (κ3) is 5.92. The van der Waals surface area contributed by atoms with E-state index in [2.05, 4.69) is 32.9 Å². The summed E-state index contributed by atoms with van der Waals surface area (Å²) in [5.74, 6) is 1.69. The number of carbonyl (C=O) groups is 1. The van der Waals surface area contributed by atoms with E-state index in [1.165, 1.54) is 10.5 Å². The van der Waals surface area contributed by atoms with Gasteiger partial charge in [-0.25, -0.2) is 0 Å². The van der Waals surface area contributed by atoms with Gasteiger partial charge in [-0.1, -0.05) is 38.5 Å². The Balaban J connectivity index is 2.26. The number of hydrogen-bond acceptors (Lipinski definition) is 2. The lowest BCUT2D eigenvalue weighted by Crippen LogP contribution is -2.02. The highest BCUT2D eigenvalue weighted by Crippen LogP contribution is 2.22.